The maximum absolute atomic E-state index is 10.2. The minimum absolute atomic E-state index is 0.219. The molecule has 3 nitrogen and oxygen atoms in total. The zero-order valence-electron chi connectivity index (χ0n) is 14.7. The smallest absolute Gasteiger partial charge is 0.126 e. The van der Waals surface area contributed by atoms with Crippen molar-refractivity contribution in [3.63, 3.8) is 0 Å². The first-order valence-electron chi connectivity index (χ1n) is 9.05. The lowest BCUT2D eigenvalue weighted by molar-refractivity contribution is 0.105. The summed E-state index contributed by atoms with van der Waals surface area (Å²) in [5.41, 5.74) is 3.48. The van der Waals surface area contributed by atoms with Crippen molar-refractivity contribution in [2.45, 2.75) is 25.6 Å². The van der Waals surface area contributed by atoms with Crippen molar-refractivity contribution in [2.24, 2.45) is 0 Å². The number of fused-ring (bicyclic) bond motifs is 1. The maximum atomic E-state index is 10.2. The van der Waals surface area contributed by atoms with Gasteiger partial charge in [0, 0.05) is 24.7 Å². The van der Waals surface area contributed by atoms with E-state index in [-0.39, 0.29) is 6.04 Å². The van der Waals surface area contributed by atoms with Gasteiger partial charge in [0.05, 0.1) is 0 Å². The van der Waals surface area contributed by atoms with Gasteiger partial charge in [-0.25, -0.2) is 0 Å². The lowest BCUT2D eigenvalue weighted by Crippen LogP contribution is -2.42. The van der Waals surface area contributed by atoms with Gasteiger partial charge < -0.3 is 9.84 Å². The number of rotatable bonds is 5. The Kier molecular flexibility index (Phi) is 4.89. The van der Waals surface area contributed by atoms with Crippen LogP contribution in [0, 0.1) is 0 Å². The van der Waals surface area contributed by atoms with Crippen molar-refractivity contribution in [3.8, 4) is 11.5 Å². The van der Waals surface area contributed by atoms with E-state index in [2.05, 4.69) is 53.4 Å². The predicted molar refractivity (Wildman–Crippen MR) is 103 cm³/mol. The van der Waals surface area contributed by atoms with Crippen LogP contribution in [0.15, 0.2) is 78.9 Å². The first-order chi connectivity index (χ1) is 12.8. The van der Waals surface area contributed by atoms with Crippen molar-refractivity contribution < 1.29 is 9.84 Å². The molecule has 3 heteroatoms. The van der Waals surface area contributed by atoms with Crippen LogP contribution in [0.4, 0.5) is 0 Å². The summed E-state index contributed by atoms with van der Waals surface area (Å²) >= 11 is 0. The van der Waals surface area contributed by atoms with E-state index in [4.69, 9.17) is 4.74 Å². The van der Waals surface area contributed by atoms with Gasteiger partial charge in [-0.05, 0) is 29.7 Å². The fourth-order valence-electron chi connectivity index (χ4n) is 3.56. The van der Waals surface area contributed by atoms with Gasteiger partial charge in [-0.2, -0.15) is 0 Å². The van der Waals surface area contributed by atoms with Crippen LogP contribution in [-0.2, 0) is 19.5 Å². The summed E-state index contributed by atoms with van der Waals surface area (Å²) in [4.78, 5) is 2.44. The highest BCUT2D eigenvalue weighted by atomic mass is 16.5. The van der Waals surface area contributed by atoms with Crippen LogP contribution >= 0.6 is 0 Å². The van der Waals surface area contributed by atoms with Crippen LogP contribution in [0.25, 0.3) is 0 Å². The second-order valence-electron chi connectivity index (χ2n) is 6.80. The summed E-state index contributed by atoms with van der Waals surface area (Å²) < 4.78 is 5.97. The lowest BCUT2D eigenvalue weighted by Gasteiger charge is -2.35. The fourth-order valence-corrected chi connectivity index (χ4v) is 3.56. The van der Waals surface area contributed by atoms with Crippen molar-refractivity contribution in [2.75, 3.05) is 6.61 Å². The Morgan fingerprint density at radius 3 is 2.04 bits per heavy atom. The summed E-state index contributed by atoms with van der Waals surface area (Å²) in [6.07, 6.45) is 0.793. The number of phenols is 1. The third kappa shape index (κ3) is 3.73. The molecule has 0 saturated heterocycles. The van der Waals surface area contributed by atoms with Gasteiger partial charge in [0.25, 0.3) is 0 Å². The highest BCUT2D eigenvalue weighted by molar-refractivity contribution is 5.45. The summed E-state index contributed by atoms with van der Waals surface area (Å²) in [6, 6.07) is 26.8. The molecule has 1 heterocycles. The number of aromatic hydroxyl groups is 1. The molecule has 1 aliphatic rings. The largest absolute Gasteiger partial charge is 0.508 e. The van der Waals surface area contributed by atoms with Crippen LogP contribution in [0.1, 0.15) is 16.7 Å². The van der Waals surface area contributed by atoms with Gasteiger partial charge in [-0.1, -0.05) is 66.7 Å². The third-order valence-electron chi connectivity index (χ3n) is 4.95. The van der Waals surface area contributed by atoms with Crippen LogP contribution in [0.5, 0.6) is 11.5 Å². The standard InChI is InChI=1S/C23H23NO2/c25-22-12-7-13-23-21(22)14-20(17-26-23)24(15-18-8-3-1-4-9-18)16-19-10-5-2-6-11-19/h1-13,20,25H,14-17H2/t20-/m1/s1. The zero-order chi connectivity index (χ0) is 17.8. The van der Waals surface area contributed by atoms with Gasteiger partial charge in [0.1, 0.15) is 18.1 Å². The van der Waals surface area contributed by atoms with E-state index < -0.39 is 0 Å². The average molecular weight is 345 g/mol. The molecular formula is C23H23NO2. The predicted octanol–water partition coefficient (Wildman–Crippen LogP) is 4.40. The number of ether oxygens (including phenoxy) is 1. The third-order valence-corrected chi connectivity index (χ3v) is 4.95. The molecule has 0 aliphatic carbocycles. The molecule has 1 N–H and O–H groups in total. The minimum atomic E-state index is 0.219. The number of hydrogen-bond donors (Lipinski definition) is 1. The maximum Gasteiger partial charge on any atom is 0.126 e. The molecule has 0 bridgehead atoms. The quantitative estimate of drug-likeness (QED) is 0.744. The van der Waals surface area contributed by atoms with E-state index in [1.165, 1.54) is 11.1 Å². The summed E-state index contributed by atoms with van der Waals surface area (Å²) in [6.45, 7) is 2.34. The highest BCUT2D eigenvalue weighted by Crippen LogP contribution is 2.33. The van der Waals surface area contributed by atoms with Gasteiger partial charge in [0.2, 0.25) is 0 Å². The van der Waals surface area contributed by atoms with E-state index in [9.17, 15) is 5.11 Å². The lowest BCUT2D eigenvalue weighted by atomic mass is 9.99. The fraction of sp³-hybridized carbons (Fsp3) is 0.217. The summed E-state index contributed by atoms with van der Waals surface area (Å²) in [5.74, 6) is 1.13. The number of phenolic OH excluding ortho intramolecular Hbond substituents is 1. The van der Waals surface area contributed by atoms with E-state index in [1.807, 2.05) is 24.3 Å². The first kappa shape index (κ1) is 16.7. The second kappa shape index (κ2) is 7.63. The second-order valence-corrected chi connectivity index (χ2v) is 6.80. The van der Waals surface area contributed by atoms with Crippen molar-refractivity contribution >= 4 is 0 Å². The van der Waals surface area contributed by atoms with Crippen LogP contribution in [0.2, 0.25) is 0 Å². The molecule has 0 unspecified atom stereocenters. The van der Waals surface area contributed by atoms with Crippen molar-refractivity contribution in [1.82, 2.24) is 4.90 Å². The van der Waals surface area contributed by atoms with Crippen LogP contribution in [-0.4, -0.2) is 22.7 Å². The Labute approximate surface area is 154 Å². The molecule has 0 fully saturated rings. The molecular weight excluding hydrogens is 322 g/mol. The molecule has 1 aliphatic heterocycles. The zero-order valence-corrected chi connectivity index (χ0v) is 14.7. The molecule has 0 saturated carbocycles. The number of nitrogens with zero attached hydrogens (tertiary/aromatic N) is 1. The molecule has 0 aromatic heterocycles. The molecule has 132 valence electrons. The SMILES string of the molecule is Oc1cccc2c1C[C@@H](N(Cc1ccccc1)Cc1ccccc1)CO2. The molecule has 3 aromatic carbocycles. The summed E-state index contributed by atoms with van der Waals surface area (Å²) in [5, 5.41) is 10.2. The molecule has 0 spiro atoms. The van der Waals surface area contributed by atoms with Crippen molar-refractivity contribution in [1.29, 1.82) is 0 Å². The van der Waals surface area contributed by atoms with E-state index >= 15 is 0 Å². The van der Waals surface area contributed by atoms with E-state index in [1.54, 1.807) is 6.07 Å². The Hall–Kier alpha value is -2.78. The number of hydrogen-bond acceptors (Lipinski definition) is 3. The summed E-state index contributed by atoms with van der Waals surface area (Å²) in [7, 11) is 0. The molecule has 0 amide bonds. The Morgan fingerprint density at radius 2 is 1.42 bits per heavy atom. The number of benzene rings is 3. The minimum Gasteiger partial charge on any atom is -0.508 e. The first-order valence-corrected chi connectivity index (χ1v) is 9.05. The molecule has 3 aromatic rings. The van der Waals surface area contributed by atoms with Crippen molar-refractivity contribution in [3.05, 3.63) is 95.6 Å². The topological polar surface area (TPSA) is 32.7 Å². The van der Waals surface area contributed by atoms with Crippen LogP contribution in [0.3, 0.4) is 0 Å². The van der Waals surface area contributed by atoms with E-state index in [0.717, 1.165) is 30.8 Å². The van der Waals surface area contributed by atoms with Gasteiger partial charge in [0.15, 0.2) is 0 Å². The van der Waals surface area contributed by atoms with E-state index in [0.29, 0.717) is 12.4 Å². The Morgan fingerprint density at radius 1 is 0.808 bits per heavy atom. The molecule has 1 atom stereocenters. The Bertz CT molecular complexity index is 807. The molecule has 0 radical (unpaired) electrons. The highest BCUT2D eigenvalue weighted by Gasteiger charge is 2.27. The van der Waals surface area contributed by atoms with Gasteiger partial charge in [-0.15, -0.1) is 0 Å². The van der Waals surface area contributed by atoms with Crippen LogP contribution < -0.4 is 4.74 Å². The van der Waals surface area contributed by atoms with Gasteiger partial charge >= 0.3 is 0 Å². The average Bonchev–Trinajstić information content (AvgIpc) is 2.69. The molecule has 4 rings (SSSR count). The monoisotopic (exact) mass is 345 g/mol. The Balaban J connectivity index is 1.59. The normalized spacial score (nSPS) is 16.1. The molecule has 26 heavy (non-hydrogen) atoms. The van der Waals surface area contributed by atoms with Gasteiger partial charge in [-0.3, -0.25) is 4.90 Å².